The number of carbonyl (C=O) groups is 1. The molecule has 1 aromatic heterocycles. The molecule has 3 aromatic rings. The fourth-order valence-corrected chi connectivity index (χ4v) is 3.98. The van der Waals surface area contributed by atoms with Gasteiger partial charge in [-0.1, -0.05) is 35.3 Å². The van der Waals surface area contributed by atoms with Gasteiger partial charge in [0.15, 0.2) is 11.5 Å². The van der Waals surface area contributed by atoms with Crippen LogP contribution < -0.4 is 14.8 Å². The Morgan fingerprint density at radius 3 is 2.67 bits per heavy atom. The standard InChI is InChI=1S/C22H21Cl2N3O3/c1-29-19-5-3-4-14(21(19)30-2)11-25-22(28)16-12-26-27(20(16)13-6-7-13)18-9-8-15(23)10-17(18)24/h3-5,8-10,12-13H,6-7,11H2,1-2H3,(H,25,28). The maximum absolute atomic E-state index is 13.0. The number of carbonyl (C=O) groups excluding carboxylic acids is 1. The fraction of sp³-hybridized carbons (Fsp3) is 0.273. The molecule has 2 aromatic carbocycles. The molecule has 1 aliphatic rings. The third kappa shape index (κ3) is 3.98. The van der Waals surface area contributed by atoms with Crippen LogP contribution in [-0.2, 0) is 6.54 Å². The molecule has 0 saturated heterocycles. The molecule has 0 spiro atoms. The molecule has 1 N–H and O–H groups in total. The number of benzene rings is 2. The minimum absolute atomic E-state index is 0.196. The van der Waals surface area contributed by atoms with Gasteiger partial charge in [-0.25, -0.2) is 4.68 Å². The number of aromatic nitrogens is 2. The molecule has 0 radical (unpaired) electrons. The highest BCUT2D eigenvalue weighted by atomic mass is 35.5. The number of nitrogens with one attached hydrogen (secondary N) is 1. The molecule has 156 valence electrons. The van der Waals surface area contributed by atoms with Crippen LogP contribution in [0.1, 0.15) is 40.4 Å². The lowest BCUT2D eigenvalue weighted by molar-refractivity contribution is 0.0949. The predicted molar refractivity (Wildman–Crippen MR) is 116 cm³/mol. The third-order valence-corrected chi connectivity index (χ3v) is 5.61. The lowest BCUT2D eigenvalue weighted by Gasteiger charge is -2.14. The molecule has 4 rings (SSSR count). The van der Waals surface area contributed by atoms with Crippen molar-refractivity contribution in [2.45, 2.75) is 25.3 Å². The zero-order valence-corrected chi connectivity index (χ0v) is 18.1. The number of amides is 1. The van der Waals surface area contributed by atoms with E-state index >= 15 is 0 Å². The minimum atomic E-state index is -0.196. The summed E-state index contributed by atoms with van der Waals surface area (Å²) in [6, 6.07) is 10.8. The average molecular weight is 446 g/mol. The van der Waals surface area contributed by atoms with Crippen molar-refractivity contribution in [3.8, 4) is 17.2 Å². The number of ether oxygens (including phenoxy) is 2. The quantitative estimate of drug-likeness (QED) is 0.555. The molecule has 8 heteroatoms. The van der Waals surface area contributed by atoms with Crippen molar-refractivity contribution in [1.29, 1.82) is 0 Å². The van der Waals surface area contributed by atoms with Crippen LogP contribution in [0.25, 0.3) is 5.69 Å². The van der Waals surface area contributed by atoms with Crippen LogP contribution in [0, 0.1) is 0 Å². The Hall–Kier alpha value is -2.70. The molecule has 0 aliphatic heterocycles. The van der Waals surface area contributed by atoms with E-state index in [1.807, 2.05) is 24.3 Å². The second-order valence-corrected chi connectivity index (χ2v) is 7.90. The van der Waals surface area contributed by atoms with Crippen molar-refractivity contribution in [1.82, 2.24) is 15.1 Å². The van der Waals surface area contributed by atoms with Crippen LogP contribution in [0.3, 0.4) is 0 Å². The zero-order valence-electron chi connectivity index (χ0n) is 16.6. The fourth-order valence-electron chi connectivity index (χ4n) is 3.49. The molecule has 0 bridgehead atoms. The number of methoxy groups -OCH3 is 2. The van der Waals surface area contributed by atoms with Crippen LogP contribution in [0.5, 0.6) is 11.5 Å². The molecule has 30 heavy (non-hydrogen) atoms. The van der Waals surface area contributed by atoms with Crippen molar-refractivity contribution < 1.29 is 14.3 Å². The topological polar surface area (TPSA) is 65.4 Å². The van der Waals surface area contributed by atoms with Gasteiger partial charge in [0.25, 0.3) is 5.91 Å². The summed E-state index contributed by atoms with van der Waals surface area (Å²) in [5.41, 5.74) is 2.95. The second-order valence-electron chi connectivity index (χ2n) is 7.06. The van der Waals surface area contributed by atoms with Gasteiger partial charge in [0.05, 0.1) is 42.4 Å². The molecule has 1 heterocycles. The van der Waals surface area contributed by atoms with E-state index in [0.29, 0.717) is 39.3 Å². The second kappa shape index (κ2) is 8.58. The summed E-state index contributed by atoms with van der Waals surface area (Å²) in [5.74, 6) is 1.31. The maximum Gasteiger partial charge on any atom is 0.255 e. The van der Waals surface area contributed by atoms with Gasteiger partial charge in [-0.05, 0) is 37.1 Å². The average Bonchev–Trinajstić information content (AvgIpc) is 3.49. The first-order chi connectivity index (χ1) is 14.5. The lowest BCUT2D eigenvalue weighted by atomic mass is 10.1. The highest BCUT2D eigenvalue weighted by molar-refractivity contribution is 6.35. The van der Waals surface area contributed by atoms with Crippen LogP contribution in [-0.4, -0.2) is 29.9 Å². The zero-order chi connectivity index (χ0) is 21.3. The number of para-hydroxylation sites is 1. The highest BCUT2D eigenvalue weighted by Crippen LogP contribution is 2.43. The summed E-state index contributed by atoms with van der Waals surface area (Å²) in [4.78, 5) is 13.0. The third-order valence-electron chi connectivity index (χ3n) is 5.08. The van der Waals surface area contributed by atoms with Crippen LogP contribution in [0.15, 0.2) is 42.6 Å². The van der Waals surface area contributed by atoms with Gasteiger partial charge >= 0.3 is 0 Å². The van der Waals surface area contributed by atoms with Crippen molar-refractivity contribution >= 4 is 29.1 Å². The molecule has 1 aliphatic carbocycles. The van der Waals surface area contributed by atoms with Crippen LogP contribution in [0.4, 0.5) is 0 Å². The Morgan fingerprint density at radius 1 is 1.20 bits per heavy atom. The van der Waals surface area contributed by atoms with E-state index in [0.717, 1.165) is 24.1 Å². The molecule has 6 nitrogen and oxygen atoms in total. The van der Waals surface area contributed by atoms with E-state index in [1.54, 1.807) is 37.2 Å². The summed E-state index contributed by atoms with van der Waals surface area (Å²) in [5, 5.41) is 8.47. The number of hydrogen-bond donors (Lipinski definition) is 1. The molecular formula is C22H21Cl2N3O3. The van der Waals surface area contributed by atoms with Gasteiger partial charge in [-0.2, -0.15) is 5.10 Å². The van der Waals surface area contributed by atoms with E-state index in [4.69, 9.17) is 32.7 Å². The molecule has 0 unspecified atom stereocenters. The molecule has 1 fully saturated rings. The predicted octanol–water partition coefficient (Wildman–Crippen LogP) is 5.00. The molecular weight excluding hydrogens is 425 g/mol. The van der Waals surface area contributed by atoms with Crippen LogP contribution in [0.2, 0.25) is 10.0 Å². The van der Waals surface area contributed by atoms with Gasteiger partial charge in [0.1, 0.15) is 0 Å². The summed E-state index contributed by atoms with van der Waals surface area (Å²) in [7, 11) is 3.16. The van der Waals surface area contributed by atoms with Crippen molar-refractivity contribution in [3.63, 3.8) is 0 Å². The Balaban J connectivity index is 1.61. The van der Waals surface area contributed by atoms with Gasteiger partial charge in [-0.15, -0.1) is 0 Å². The normalized spacial score (nSPS) is 13.2. The van der Waals surface area contributed by atoms with Gasteiger partial charge < -0.3 is 14.8 Å². The number of hydrogen-bond acceptors (Lipinski definition) is 4. The monoisotopic (exact) mass is 445 g/mol. The van der Waals surface area contributed by atoms with Crippen LogP contribution >= 0.6 is 23.2 Å². The van der Waals surface area contributed by atoms with Crippen molar-refractivity contribution in [3.05, 3.63) is 69.5 Å². The lowest BCUT2D eigenvalue weighted by Crippen LogP contribution is -2.24. The Bertz CT molecular complexity index is 1090. The van der Waals surface area contributed by atoms with E-state index < -0.39 is 0 Å². The summed E-state index contributed by atoms with van der Waals surface area (Å²) >= 11 is 12.4. The smallest absolute Gasteiger partial charge is 0.255 e. The first kappa shape index (κ1) is 20.6. The Morgan fingerprint density at radius 2 is 2.00 bits per heavy atom. The largest absolute Gasteiger partial charge is 0.493 e. The number of rotatable bonds is 7. The Kier molecular flexibility index (Phi) is 5.88. The van der Waals surface area contributed by atoms with E-state index in [-0.39, 0.29) is 11.8 Å². The Labute approximate surface area is 184 Å². The first-order valence-electron chi connectivity index (χ1n) is 9.55. The summed E-state index contributed by atoms with van der Waals surface area (Å²) in [6.45, 7) is 0.302. The first-order valence-corrected chi connectivity index (χ1v) is 10.3. The number of nitrogens with zero attached hydrogens (tertiary/aromatic N) is 2. The van der Waals surface area contributed by atoms with E-state index in [2.05, 4.69) is 10.4 Å². The van der Waals surface area contributed by atoms with E-state index in [1.165, 1.54) is 0 Å². The summed E-state index contributed by atoms with van der Waals surface area (Å²) < 4.78 is 12.5. The van der Waals surface area contributed by atoms with Crippen molar-refractivity contribution in [2.75, 3.05) is 14.2 Å². The molecule has 1 saturated carbocycles. The van der Waals surface area contributed by atoms with E-state index in [9.17, 15) is 4.79 Å². The molecule has 0 atom stereocenters. The van der Waals surface area contributed by atoms with Gasteiger partial charge in [-0.3, -0.25) is 4.79 Å². The maximum atomic E-state index is 13.0. The SMILES string of the molecule is COc1cccc(CNC(=O)c2cnn(-c3ccc(Cl)cc3Cl)c2C2CC2)c1OC. The summed E-state index contributed by atoms with van der Waals surface area (Å²) in [6.07, 6.45) is 3.62. The van der Waals surface area contributed by atoms with Gasteiger partial charge in [0, 0.05) is 23.0 Å². The van der Waals surface area contributed by atoms with Gasteiger partial charge in [0.2, 0.25) is 0 Å². The highest BCUT2D eigenvalue weighted by Gasteiger charge is 2.33. The molecule has 1 amide bonds. The van der Waals surface area contributed by atoms with Crippen molar-refractivity contribution in [2.24, 2.45) is 0 Å². The number of halogens is 2. The minimum Gasteiger partial charge on any atom is -0.493 e.